The zero-order chi connectivity index (χ0) is 23.1. The van der Waals surface area contributed by atoms with E-state index in [2.05, 4.69) is 10.6 Å². The molecule has 32 heavy (non-hydrogen) atoms. The van der Waals surface area contributed by atoms with Crippen LogP contribution in [0.1, 0.15) is 26.3 Å². The Morgan fingerprint density at radius 1 is 1.03 bits per heavy atom. The van der Waals surface area contributed by atoms with Crippen molar-refractivity contribution in [1.29, 1.82) is 0 Å². The lowest BCUT2D eigenvalue weighted by atomic mass is 10.0. The molecule has 3 atom stereocenters. The fourth-order valence-electron chi connectivity index (χ4n) is 3.42. The van der Waals surface area contributed by atoms with E-state index in [-0.39, 0.29) is 6.04 Å². The van der Waals surface area contributed by atoms with Gasteiger partial charge in [0, 0.05) is 12.2 Å². The van der Waals surface area contributed by atoms with Crippen LogP contribution in [0.5, 0.6) is 5.75 Å². The average Bonchev–Trinajstić information content (AvgIpc) is 3.08. The number of anilines is 1. The topological polar surface area (TPSA) is 95.1 Å². The van der Waals surface area contributed by atoms with Crippen molar-refractivity contribution in [2.75, 3.05) is 19.0 Å². The van der Waals surface area contributed by atoms with E-state index in [1.807, 2.05) is 42.5 Å². The van der Waals surface area contributed by atoms with Crippen LogP contribution in [0.25, 0.3) is 0 Å². The number of para-hydroxylation sites is 1. The van der Waals surface area contributed by atoms with E-state index in [1.165, 1.54) is 0 Å². The van der Waals surface area contributed by atoms with Crippen molar-refractivity contribution in [3.8, 4) is 5.75 Å². The predicted octanol–water partition coefficient (Wildman–Crippen LogP) is 4.15. The average molecular weight is 443 g/mol. The fourth-order valence-corrected chi connectivity index (χ4v) is 3.42. The second-order valence-corrected chi connectivity index (χ2v) is 8.55. The first-order valence-corrected chi connectivity index (χ1v) is 10.5. The Balaban J connectivity index is 1.70. The van der Waals surface area contributed by atoms with Crippen LogP contribution in [0.4, 0.5) is 15.3 Å². The molecule has 172 valence electrons. The lowest BCUT2D eigenvalue weighted by Crippen LogP contribution is -2.42. The van der Waals surface area contributed by atoms with E-state index < -0.39 is 30.1 Å². The van der Waals surface area contributed by atoms with Gasteiger partial charge in [0.1, 0.15) is 11.4 Å². The first-order valence-electron chi connectivity index (χ1n) is 10.5. The normalized spacial score (nSPS) is 20.3. The maximum atomic E-state index is 12.6. The fraction of sp³-hybridized carbons (Fsp3) is 0.417. The molecule has 0 spiro atoms. The van der Waals surface area contributed by atoms with Crippen LogP contribution >= 0.6 is 0 Å². The lowest BCUT2D eigenvalue weighted by molar-refractivity contribution is -0.0503. The number of carbonyl (C=O) groups is 2. The number of ether oxygens (including phenoxy) is 4. The summed E-state index contributed by atoms with van der Waals surface area (Å²) in [5.74, 6) is 0.759. The number of methoxy groups -OCH3 is 1. The number of benzene rings is 2. The lowest BCUT2D eigenvalue weighted by Gasteiger charge is -2.26. The molecule has 0 saturated carbocycles. The summed E-state index contributed by atoms with van der Waals surface area (Å²) in [6.07, 6.45) is -2.24. The van der Waals surface area contributed by atoms with Crippen molar-refractivity contribution < 1.29 is 28.5 Å². The number of nitrogens with one attached hydrogen (secondary N) is 2. The van der Waals surface area contributed by atoms with Crippen LogP contribution in [0.15, 0.2) is 54.6 Å². The van der Waals surface area contributed by atoms with Gasteiger partial charge < -0.3 is 24.3 Å². The monoisotopic (exact) mass is 442 g/mol. The molecule has 1 heterocycles. The summed E-state index contributed by atoms with van der Waals surface area (Å²) >= 11 is 0. The van der Waals surface area contributed by atoms with Gasteiger partial charge in [-0.3, -0.25) is 5.32 Å². The van der Waals surface area contributed by atoms with Crippen molar-refractivity contribution >= 4 is 17.9 Å². The van der Waals surface area contributed by atoms with Crippen LogP contribution in [0.3, 0.4) is 0 Å². The van der Waals surface area contributed by atoms with Crippen LogP contribution < -0.4 is 15.4 Å². The van der Waals surface area contributed by atoms with Gasteiger partial charge in [-0.2, -0.15) is 0 Å². The van der Waals surface area contributed by atoms with Crippen LogP contribution in [0, 0.1) is 0 Å². The SMILES string of the molecule is COc1ccc(C[C@H]2NC[C@H](OC(=O)OC(C)(C)C)[C@H]2OC(=O)Nc2ccccc2)cc1. The predicted molar refractivity (Wildman–Crippen MR) is 120 cm³/mol. The van der Waals surface area contributed by atoms with Crippen molar-refractivity contribution in [3.63, 3.8) is 0 Å². The highest BCUT2D eigenvalue weighted by molar-refractivity contribution is 5.84. The Bertz CT molecular complexity index is 895. The number of rotatable bonds is 6. The van der Waals surface area contributed by atoms with Crippen LogP contribution in [-0.2, 0) is 20.6 Å². The Morgan fingerprint density at radius 3 is 2.34 bits per heavy atom. The molecule has 0 aromatic heterocycles. The molecule has 1 fully saturated rings. The summed E-state index contributed by atoms with van der Waals surface area (Å²) in [5.41, 5.74) is 0.949. The highest BCUT2D eigenvalue weighted by atomic mass is 16.7. The van der Waals surface area contributed by atoms with Gasteiger partial charge in [-0.15, -0.1) is 0 Å². The molecule has 1 saturated heterocycles. The van der Waals surface area contributed by atoms with Crippen molar-refractivity contribution in [3.05, 3.63) is 60.2 Å². The van der Waals surface area contributed by atoms with Crippen molar-refractivity contribution in [2.45, 2.75) is 51.0 Å². The van der Waals surface area contributed by atoms with Crippen molar-refractivity contribution in [1.82, 2.24) is 5.32 Å². The maximum Gasteiger partial charge on any atom is 0.509 e. The molecule has 2 aromatic rings. The van der Waals surface area contributed by atoms with Crippen molar-refractivity contribution in [2.24, 2.45) is 0 Å². The summed E-state index contributed by atoms with van der Waals surface area (Å²) in [5, 5.41) is 6.01. The molecule has 0 unspecified atom stereocenters. The summed E-state index contributed by atoms with van der Waals surface area (Å²) in [7, 11) is 1.61. The smallest absolute Gasteiger partial charge is 0.497 e. The van der Waals surface area contributed by atoms with E-state index in [9.17, 15) is 9.59 Å². The first-order chi connectivity index (χ1) is 15.2. The van der Waals surface area contributed by atoms with Gasteiger partial charge in [0.25, 0.3) is 0 Å². The second kappa shape index (κ2) is 10.4. The highest BCUT2D eigenvalue weighted by Gasteiger charge is 2.42. The van der Waals surface area contributed by atoms with Gasteiger partial charge in [0.2, 0.25) is 0 Å². The molecule has 8 nitrogen and oxygen atoms in total. The third-order valence-corrected chi connectivity index (χ3v) is 4.86. The Labute approximate surface area is 188 Å². The summed E-state index contributed by atoms with van der Waals surface area (Å²) < 4.78 is 21.7. The Morgan fingerprint density at radius 2 is 1.72 bits per heavy atom. The molecule has 0 radical (unpaired) electrons. The molecule has 0 bridgehead atoms. The van der Waals surface area contributed by atoms with E-state index in [4.69, 9.17) is 18.9 Å². The molecule has 1 aliphatic rings. The molecule has 1 aliphatic heterocycles. The Kier molecular flexibility index (Phi) is 7.58. The molecule has 3 rings (SSSR count). The van der Waals surface area contributed by atoms with E-state index in [0.29, 0.717) is 18.7 Å². The Hall–Kier alpha value is -3.26. The summed E-state index contributed by atoms with van der Waals surface area (Å²) in [6, 6.07) is 16.4. The number of hydrogen-bond donors (Lipinski definition) is 2. The molecular weight excluding hydrogens is 412 g/mol. The maximum absolute atomic E-state index is 12.6. The molecular formula is C24H30N2O6. The molecule has 2 aromatic carbocycles. The van der Waals surface area contributed by atoms with Crippen LogP contribution in [-0.4, -0.2) is 49.8 Å². The number of hydrogen-bond acceptors (Lipinski definition) is 7. The largest absolute Gasteiger partial charge is 0.509 e. The third kappa shape index (κ3) is 6.88. The van der Waals surface area contributed by atoms with E-state index >= 15 is 0 Å². The number of carbonyl (C=O) groups excluding carboxylic acids is 2. The van der Waals surface area contributed by atoms with Gasteiger partial charge in [0.05, 0.1) is 13.2 Å². The minimum Gasteiger partial charge on any atom is -0.497 e. The minimum absolute atomic E-state index is 0.252. The molecule has 8 heteroatoms. The highest BCUT2D eigenvalue weighted by Crippen LogP contribution is 2.23. The summed E-state index contributed by atoms with van der Waals surface area (Å²) in [4.78, 5) is 24.8. The van der Waals surface area contributed by atoms with Gasteiger partial charge >= 0.3 is 12.2 Å². The van der Waals surface area contributed by atoms with E-state index in [1.54, 1.807) is 40.0 Å². The molecule has 0 aliphatic carbocycles. The summed E-state index contributed by atoms with van der Waals surface area (Å²) in [6.45, 7) is 5.61. The van der Waals surface area contributed by atoms with Crippen LogP contribution in [0.2, 0.25) is 0 Å². The quantitative estimate of drug-likeness (QED) is 0.649. The minimum atomic E-state index is -0.800. The zero-order valence-electron chi connectivity index (χ0n) is 18.8. The van der Waals surface area contributed by atoms with Gasteiger partial charge in [-0.1, -0.05) is 30.3 Å². The molecule has 1 amide bonds. The van der Waals surface area contributed by atoms with Gasteiger partial charge in [-0.25, -0.2) is 9.59 Å². The number of amides is 1. The second-order valence-electron chi connectivity index (χ2n) is 8.55. The van der Waals surface area contributed by atoms with E-state index in [0.717, 1.165) is 11.3 Å². The van der Waals surface area contributed by atoms with Gasteiger partial charge in [-0.05, 0) is 57.0 Å². The van der Waals surface area contributed by atoms with Gasteiger partial charge in [0.15, 0.2) is 12.2 Å². The first kappa shape index (κ1) is 23.4. The standard InChI is InChI=1S/C24H30N2O6/c1-24(2,3)32-23(28)30-20-15-25-19(14-16-10-12-18(29-4)13-11-16)21(20)31-22(27)26-17-8-6-5-7-9-17/h5-13,19-21,25H,14-15H2,1-4H3,(H,26,27)/t19-,20+,21+/m1/s1. The molecule has 2 N–H and O–H groups in total. The zero-order valence-corrected chi connectivity index (χ0v) is 18.8. The third-order valence-electron chi connectivity index (χ3n) is 4.86.